The minimum atomic E-state index is -0.289. The van der Waals surface area contributed by atoms with Gasteiger partial charge < -0.3 is 10.5 Å². The molecular weight excluding hydrogens is 246 g/mol. The number of carbonyl (C=O) groups is 1. The molecule has 0 aliphatic rings. The van der Waals surface area contributed by atoms with Gasteiger partial charge in [0, 0.05) is 16.3 Å². The minimum Gasteiger partial charge on any atom is -0.462 e. The highest BCUT2D eigenvalue weighted by molar-refractivity contribution is 7.99. The Kier molecular flexibility index (Phi) is 6.05. The van der Waals surface area contributed by atoms with E-state index in [9.17, 15) is 4.79 Å². The van der Waals surface area contributed by atoms with Crippen molar-refractivity contribution in [1.29, 1.82) is 0 Å². The molecule has 0 aliphatic carbocycles. The zero-order valence-electron chi connectivity index (χ0n) is 11.2. The molecule has 0 saturated carbocycles. The molecule has 3 nitrogen and oxygen atoms in total. The van der Waals surface area contributed by atoms with Crippen LogP contribution in [0, 0.1) is 5.92 Å². The van der Waals surface area contributed by atoms with Crippen molar-refractivity contribution >= 4 is 23.4 Å². The first kappa shape index (κ1) is 14.9. The largest absolute Gasteiger partial charge is 0.462 e. The Morgan fingerprint density at radius 1 is 1.44 bits per heavy atom. The first-order valence-electron chi connectivity index (χ1n) is 6.27. The summed E-state index contributed by atoms with van der Waals surface area (Å²) in [5, 5.41) is 0. The second-order valence-corrected chi connectivity index (χ2v) is 5.36. The zero-order valence-corrected chi connectivity index (χ0v) is 12.0. The van der Waals surface area contributed by atoms with Gasteiger partial charge in [-0.3, -0.25) is 0 Å². The molecule has 18 heavy (non-hydrogen) atoms. The highest BCUT2D eigenvalue weighted by Gasteiger charge is 2.10. The molecule has 1 rings (SSSR count). The standard InChI is InChI=1S/C14H21NO2S/c1-4-10(3)9-18-13-8-11(6-7-12(13)15)14(16)17-5-2/h6-8,10H,4-5,9,15H2,1-3H3. The first-order chi connectivity index (χ1) is 8.58. The number of anilines is 1. The number of carbonyl (C=O) groups excluding carboxylic acids is 1. The molecule has 0 fully saturated rings. The van der Waals surface area contributed by atoms with Crippen LogP contribution in [0.2, 0.25) is 0 Å². The van der Waals surface area contributed by atoms with Crippen molar-refractivity contribution in [3.8, 4) is 0 Å². The van der Waals surface area contributed by atoms with Gasteiger partial charge in [-0.1, -0.05) is 20.3 Å². The molecule has 4 heteroatoms. The third kappa shape index (κ3) is 4.26. The molecule has 1 aromatic rings. The van der Waals surface area contributed by atoms with Crippen molar-refractivity contribution in [1.82, 2.24) is 0 Å². The molecule has 0 aromatic heterocycles. The van der Waals surface area contributed by atoms with Crippen LogP contribution >= 0.6 is 11.8 Å². The number of benzene rings is 1. The van der Waals surface area contributed by atoms with Crippen molar-refractivity contribution in [2.75, 3.05) is 18.1 Å². The molecule has 2 N–H and O–H groups in total. The molecule has 0 aliphatic heterocycles. The van der Waals surface area contributed by atoms with Gasteiger partial charge in [-0.05, 0) is 31.0 Å². The fourth-order valence-corrected chi connectivity index (χ4v) is 2.50. The molecule has 100 valence electrons. The van der Waals surface area contributed by atoms with Crippen molar-refractivity contribution in [2.24, 2.45) is 5.92 Å². The summed E-state index contributed by atoms with van der Waals surface area (Å²) in [6.45, 7) is 6.56. The van der Waals surface area contributed by atoms with Gasteiger partial charge in [-0.25, -0.2) is 4.79 Å². The maximum Gasteiger partial charge on any atom is 0.338 e. The summed E-state index contributed by atoms with van der Waals surface area (Å²) >= 11 is 1.70. The Morgan fingerprint density at radius 2 is 2.17 bits per heavy atom. The summed E-state index contributed by atoms with van der Waals surface area (Å²) in [5.41, 5.74) is 7.20. The Balaban J connectivity index is 2.78. The highest BCUT2D eigenvalue weighted by atomic mass is 32.2. The van der Waals surface area contributed by atoms with E-state index in [0.29, 0.717) is 18.1 Å². The van der Waals surface area contributed by atoms with Crippen molar-refractivity contribution < 1.29 is 9.53 Å². The number of ether oxygens (including phenoxy) is 1. The molecule has 0 heterocycles. The monoisotopic (exact) mass is 267 g/mol. The van der Waals surface area contributed by atoms with Gasteiger partial charge in [0.1, 0.15) is 0 Å². The third-order valence-corrected chi connectivity index (χ3v) is 4.15. The molecule has 0 saturated heterocycles. The summed E-state index contributed by atoms with van der Waals surface area (Å²) in [7, 11) is 0. The van der Waals surface area contributed by atoms with Crippen molar-refractivity contribution in [3.63, 3.8) is 0 Å². The maximum absolute atomic E-state index is 11.6. The van der Waals surface area contributed by atoms with E-state index in [1.165, 1.54) is 0 Å². The van der Waals surface area contributed by atoms with Gasteiger partial charge in [-0.15, -0.1) is 11.8 Å². The van der Waals surface area contributed by atoms with Gasteiger partial charge in [0.15, 0.2) is 0 Å². The Bertz CT molecular complexity index is 407. The van der Waals surface area contributed by atoms with Crippen LogP contribution in [-0.4, -0.2) is 18.3 Å². The van der Waals surface area contributed by atoms with Crippen LogP contribution in [-0.2, 0) is 4.74 Å². The first-order valence-corrected chi connectivity index (χ1v) is 7.26. The number of esters is 1. The number of hydrogen-bond acceptors (Lipinski definition) is 4. The van der Waals surface area contributed by atoms with Gasteiger partial charge >= 0.3 is 5.97 Å². The fraction of sp³-hybridized carbons (Fsp3) is 0.500. The zero-order chi connectivity index (χ0) is 13.5. The number of thioether (sulfide) groups is 1. The topological polar surface area (TPSA) is 52.3 Å². The van der Waals surface area contributed by atoms with E-state index in [2.05, 4.69) is 13.8 Å². The summed E-state index contributed by atoms with van der Waals surface area (Å²) in [6, 6.07) is 5.30. The quantitative estimate of drug-likeness (QED) is 0.486. The van der Waals surface area contributed by atoms with Gasteiger partial charge in [0.2, 0.25) is 0 Å². The lowest BCUT2D eigenvalue weighted by molar-refractivity contribution is 0.0526. The minimum absolute atomic E-state index is 0.289. The van der Waals surface area contributed by atoms with Crippen LogP contribution in [0.4, 0.5) is 5.69 Å². The molecule has 1 unspecified atom stereocenters. The van der Waals surface area contributed by atoms with Crippen molar-refractivity contribution in [3.05, 3.63) is 23.8 Å². The Hall–Kier alpha value is -1.16. The lowest BCUT2D eigenvalue weighted by Gasteiger charge is -2.11. The summed E-state index contributed by atoms with van der Waals surface area (Å²) in [6.07, 6.45) is 1.14. The van der Waals surface area contributed by atoms with Crippen LogP contribution in [0.15, 0.2) is 23.1 Å². The molecule has 0 spiro atoms. The number of nitrogen functional groups attached to an aromatic ring is 1. The number of nitrogens with two attached hydrogens (primary N) is 1. The molecule has 0 bridgehead atoms. The van der Waals surface area contributed by atoms with Crippen LogP contribution in [0.3, 0.4) is 0 Å². The second-order valence-electron chi connectivity index (χ2n) is 4.30. The second kappa shape index (κ2) is 7.31. The SMILES string of the molecule is CCOC(=O)c1ccc(N)c(SCC(C)CC)c1. The summed E-state index contributed by atoms with van der Waals surface area (Å²) in [4.78, 5) is 12.6. The summed E-state index contributed by atoms with van der Waals surface area (Å²) < 4.78 is 4.98. The lowest BCUT2D eigenvalue weighted by Crippen LogP contribution is -2.05. The maximum atomic E-state index is 11.6. The lowest BCUT2D eigenvalue weighted by atomic mass is 10.2. The Labute approximate surface area is 113 Å². The van der Waals surface area contributed by atoms with Gasteiger partial charge in [-0.2, -0.15) is 0 Å². The van der Waals surface area contributed by atoms with Crippen molar-refractivity contribution in [2.45, 2.75) is 32.1 Å². The smallest absolute Gasteiger partial charge is 0.338 e. The van der Waals surface area contributed by atoms with Crippen LogP contribution in [0.5, 0.6) is 0 Å². The van der Waals surface area contributed by atoms with Gasteiger partial charge in [0.05, 0.1) is 12.2 Å². The normalized spacial score (nSPS) is 12.2. The average Bonchev–Trinajstić information content (AvgIpc) is 2.37. The predicted molar refractivity (Wildman–Crippen MR) is 77.0 cm³/mol. The molecule has 1 aromatic carbocycles. The van der Waals surface area contributed by atoms with Crippen LogP contribution in [0.25, 0.3) is 0 Å². The fourth-order valence-electron chi connectivity index (χ4n) is 1.35. The van der Waals surface area contributed by atoms with E-state index in [4.69, 9.17) is 10.5 Å². The van der Waals surface area contributed by atoms with E-state index in [-0.39, 0.29) is 5.97 Å². The van der Waals surface area contributed by atoms with Gasteiger partial charge in [0.25, 0.3) is 0 Å². The predicted octanol–water partition coefficient (Wildman–Crippen LogP) is 3.58. The summed E-state index contributed by atoms with van der Waals surface area (Å²) in [5.74, 6) is 1.36. The molecular formula is C14H21NO2S. The van der Waals surface area contributed by atoms with E-state index in [0.717, 1.165) is 22.8 Å². The van der Waals surface area contributed by atoms with E-state index >= 15 is 0 Å². The molecule has 1 atom stereocenters. The third-order valence-electron chi connectivity index (χ3n) is 2.74. The van der Waals surface area contributed by atoms with E-state index in [1.807, 2.05) is 6.07 Å². The van der Waals surface area contributed by atoms with E-state index in [1.54, 1.807) is 30.8 Å². The molecule has 0 amide bonds. The van der Waals surface area contributed by atoms with Crippen LogP contribution < -0.4 is 5.73 Å². The van der Waals surface area contributed by atoms with Crippen LogP contribution in [0.1, 0.15) is 37.6 Å². The average molecular weight is 267 g/mol. The van der Waals surface area contributed by atoms with E-state index < -0.39 is 0 Å². The Morgan fingerprint density at radius 3 is 2.78 bits per heavy atom. The number of hydrogen-bond donors (Lipinski definition) is 1. The molecule has 0 radical (unpaired) electrons. The highest BCUT2D eigenvalue weighted by Crippen LogP contribution is 2.28. The number of rotatable bonds is 6.